The summed E-state index contributed by atoms with van der Waals surface area (Å²) in [6.07, 6.45) is 4.41. The first-order valence-electron chi connectivity index (χ1n) is 20.1. The number of likely N-dealkylation sites (tertiary alicyclic amines) is 4. The fourth-order valence-corrected chi connectivity index (χ4v) is 10.2. The zero-order valence-corrected chi connectivity index (χ0v) is 35.2. The highest BCUT2D eigenvalue weighted by Gasteiger charge is 2.60. The predicted octanol–water partition coefficient (Wildman–Crippen LogP) is 9.63. The smallest absolute Gasteiger partial charge is 0.0125 e. The van der Waals surface area contributed by atoms with Crippen molar-refractivity contribution < 1.29 is 0 Å². The summed E-state index contributed by atoms with van der Waals surface area (Å²) in [7, 11) is 0. The van der Waals surface area contributed by atoms with E-state index in [1.807, 2.05) is 0 Å². The number of hydrogen-bond acceptors (Lipinski definition) is 4. The Hall–Kier alpha value is -0.160. The Morgan fingerprint density at radius 3 is 0.979 bits per heavy atom. The van der Waals surface area contributed by atoms with Crippen molar-refractivity contribution in [1.29, 1.82) is 0 Å². The largest absolute Gasteiger partial charge is 0.298 e. The van der Waals surface area contributed by atoms with Crippen molar-refractivity contribution in [3.63, 3.8) is 0 Å². The molecule has 6 rings (SSSR count). The molecule has 4 heterocycles. The molecule has 6 fully saturated rings. The molecule has 0 aromatic heterocycles. The summed E-state index contributed by atoms with van der Waals surface area (Å²) >= 11 is 0. The maximum absolute atomic E-state index is 2.72. The highest BCUT2D eigenvalue weighted by molar-refractivity contribution is 5.10. The second-order valence-electron chi connectivity index (χ2n) is 23.4. The minimum atomic E-state index is 0.358. The van der Waals surface area contributed by atoms with Crippen LogP contribution >= 0.6 is 0 Å². The van der Waals surface area contributed by atoms with Crippen molar-refractivity contribution >= 4 is 0 Å². The molecule has 4 nitrogen and oxygen atoms in total. The van der Waals surface area contributed by atoms with Crippen LogP contribution in [0, 0.1) is 58.2 Å². The molecule has 0 N–H and O–H groups in total. The van der Waals surface area contributed by atoms with E-state index in [0.29, 0.717) is 33.0 Å². The van der Waals surface area contributed by atoms with Gasteiger partial charge in [-0.25, -0.2) is 0 Å². The lowest BCUT2D eigenvalue weighted by Gasteiger charge is -2.39. The summed E-state index contributed by atoms with van der Waals surface area (Å²) in [6, 6.07) is 0. The molecule has 0 aromatic carbocycles. The SMILES string of the molecule is CC(C)(C)C1CCC2CN(C(C)(C)C)CC2C1.CC(C)(C)C1[C@H]2CN(C(C)(C)C)C[C@@H]12.CC(C)(C)N1CC2CN(C(C)(C)C)CC2C1. The topological polar surface area (TPSA) is 13.0 Å². The summed E-state index contributed by atoms with van der Waals surface area (Å²) < 4.78 is 0. The Morgan fingerprint density at radius 2 is 0.660 bits per heavy atom. The van der Waals surface area contributed by atoms with Crippen LogP contribution in [0.1, 0.15) is 144 Å². The Kier molecular flexibility index (Phi) is 11.3. The van der Waals surface area contributed by atoms with Crippen LogP contribution in [-0.2, 0) is 0 Å². The van der Waals surface area contributed by atoms with Gasteiger partial charge in [-0.2, -0.15) is 0 Å². The van der Waals surface area contributed by atoms with E-state index in [0.717, 1.165) is 47.3 Å². The van der Waals surface area contributed by atoms with Crippen LogP contribution in [0.4, 0.5) is 0 Å². The molecule has 0 aromatic rings. The summed E-state index contributed by atoms with van der Waals surface area (Å²) in [4.78, 5) is 10.7. The van der Waals surface area contributed by atoms with Gasteiger partial charge in [0.15, 0.2) is 0 Å². The molecule has 2 saturated carbocycles. The van der Waals surface area contributed by atoms with Gasteiger partial charge in [-0.1, -0.05) is 41.5 Å². The van der Waals surface area contributed by atoms with Crippen LogP contribution in [0.5, 0.6) is 0 Å². The normalized spacial score (nSPS) is 35.9. The number of fused-ring (bicyclic) bond motifs is 3. The number of piperidine rings is 1. The van der Waals surface area contributed by atoms with Gasteiger partial charge in [0.05, 0.1) is 0 Å². The van der Waals surface area contributed by atoms with Crippen LogP contribution < -0.4 is 0 Å². The van der Waals surface area contributed by atoms with Crippen molar-refractivity contribution in [2.24, 2.45) is 58.2 Å². The lowest BCUT2D eigenvalue weighted by molar-refractivity contribution is 0.119. The second kappa shape index (κ2) is 13.4. The molecule has 0 amide bonds. The van der Waals surface area contributed by atoms with Gasteiger partial charge < -0.3 is 0 Å². The number of nitrogens with zero attached hydrogens (tertiary/aromatic N) is 4. The van der Waals surface area contributed by atoms with Crippen molar-refractivity contribution in [1.82, 2.24) is 19.6 Å². The molecule has 276 valence electrons. The molecule has 4 unspecified atom stereocenters. The molecule has 6 aliphatic rings. The van der Waals surface area contributed by atoms with E-state index in [1.54, 1.807) is 0 Å². The monoisotopic (exact) mass is 657 g/mol. The van der Waals surface area contributed by atoms with Crippen molar-refractivity contribution in [3.8, 4) is 0 Å². The van der Waals surface area contributed by atoms with E-state index in [-0.39, 0.29) is 0 Å². The summed E-state index contributed by atoms with van der Waals surface area (Å²) in [5.41, 5.74) is 2.53. The third kappa shape index (κ3) is 9.79. The van der Waals surface area contributed by atoms with Crippen LogP contribution in [0.3, 0.4) is 0 Å². The molecule has 6 atom stereocenters. The van der Waals surface area contributed by atoms with Crippen molar-refractivity contribution in [2.45, 2.75) is 166 Å². The molecule has 4 heteroatoms. The third-order valence-electron chi connectivity index (χ3n) is 13.7. The fraction of sp³-hybridized carbons (Fsp3) is 1.00. The third-order valence-corrected chi connectivity index (χ3v) is 13.7. The van der Waals surface area contributed by atoms with Gasteiger partial charge in [0.1, 0.15) is 0 Å². The quantitative estimate of drug-likeness (QED) is 0.257. The van der Waals surface area contributed by atoms with Gasteiger partial charge in [-0.05, 0) is 161 Å². The summed E-state index contributed by atoms with van der Waals surface area (Å²) in [5.74, 6) is 7.77. The van der Waals surface area contributed by atoms with Gasteiger partial charge in [0.25, 0.3) is 0 Å². The number of hydrogen-bond donors (Lipinski definition) is 0. The first-order chi connectivity index (χ1) is 21.1. The molecule has 4 saturated heterocycles. The lowest BCUT2D eigenvalue weighted by Crippen LogP contribution is -2.44. The molecule has 0 spiro atoms. The zero-order valence-electron chi connectivity index (χ0n) is 35.2. The van der Waals surface area contributed by atoms with E-state index in [9.17, 15) is 0 Å². The molecule has 0 bridgehead atoms. The Morgan fingerprint density at radius 1 is 0.340 bits per heavy atom. The van der Waals surface area contributed by atoms with E-state index >= 15 is 0 Å². The van der Waals surface area contributed by atoms with E-state index < -0.39 is 0 Å². The Balaban J connectivity index is 0.000000160. The standard InChI is InChI=1S/C16H31N.C14H28N2.C13H25N/c1-15(2,3)14-8-7-12-10-17(16(4,5)6)11-13(12)9-14;1-13(2,3)15-7-11-9-16(14(4,5)6)10-12(11)8-15;1-12(2,3)11-9-7-14(8-10(9)11)13(4,5)6/h12-14H,7-11H2,1-6H3;11-12H,7-10H2,1-6H3;9-11H,7-8H2,1-6H3/t;;9-,10+,11?. The van der Waals surface area contributed by atoms with Gasteiger partial charge in [0, 0.05) is 74.5 Å². The van der Waals surface area contributed by atoms with E-state index in [4.69, 9.17) is 0 Å². The van der Waals surface area contributed by atoms with Crippen molar-refractivity contribution in [2.75, 3.05) is 52.4 Å². The number of rotatable bonds is 0. The average Bonchev–Trinajstić information content (AvgIpc) is 3.38. The molecule has 47 heavy (non-hydrogen) atoms. The highest BCUT2D eigenvalue weighted by Crippen LogP contribution is 2.60. The molecular weight excluding hydrogens is 573 g/mol. The molecule has 2 aliphatic carbocycles. The van der Waals surface area contributed by atoms with Gasteiger partial charge in [-0.3, -0.25) is 19.6 Å². The molecule has 0 radical (unpaired) electrons. The minimum Gasteiger partial charge on any atom is -0.298 e. The maximum atomic E-state index is 2.72. The Labute approximate surface area is 295 Å². The average molecular weight is 657 g/mol. The van der Waals surface area contributed by atoms with E-state index in [1.165, 1.54) is 71.6 Å². The molecule has 4 aliphatic heterocycles. The minimum absolute atomic E-state index is 0.358. The van der Waals surface area contributed by atoms with Crippen LogP contribution in [0.25, 0.3) is 0 Å². The van der Waals surface area contributed by atoms with Crippen molar-refractivity contribution in [3.05, 3.63) is 0 Å². The van der Waals surface area contributed by atoms with Gasteiger partial charge >= 0.3 is 0 Å². The fourth-order valence-electron chi connectivity index (χ4n) is 10.2. The lowest BCUT2D eigenvalue weighted by atomic mass is 9.66. The second-order valence-corrected chi connectivity index (χ2v) is 23.4. The first-order valence-corrected chi connectivity index (χ1v) is 20.1. The van der Waals surface area contributed by atoms with Crippen LogP contribution in [-0.4, -0.2) is 94.1 Å². The van der Waals surface area contributed by atoms with Crippen LogP contribution in [0.15, 0.2) is 0 Å². The summed E-state index contributed by atoms with van der Waals surface area (Å²) in [6.45, 7) is 53.3. The maximum Gasteiger partial charge on any atom is 0.0125 e. The summed E-state index contributed by atoms with van der Waals surface area (Å²) in [5, 5.41) is 0. The highest BCUT2D eigenvalue weighted by atomic mass is 15.3. The Bertz CT molecular complexity index is 945. The van der Waals surface area contributed by atoms with Gasteiger partial charge in [-0.15, -0.1) is 0 Å². The molecular formula is C43H84N4. The van der Waals surface area contributed by atoms with E-state index in [2.05, 4.69) is 144 Å². The van der Waals surface area contributed by atoms with Gasteiger partial charge in [0.2, 0.25) is 0 Å². The van der Waals surface area contributed by atoms with Crippen LogP contribution in [0.2, 0.25) is 0 Å². The first kappa shape index (κ1) is 39.6. The zero-order chi connectivity index (χ0) is 35.7. The predicted molar refractivity (Wildman–Crippen MR) is 206 cm³/mol.